The van der Waals surface area contributed by atoms with Gasteiger partial charge in [0.2, 0.25) is 5.91 Å². The van der Waals surface area contributed by atoms with E-state index in [2.05, 4.69) is 18.2 Å². The fraction of sp³-hybridized carbons (Fsp3) is 0.417. The lowest BCUT2D eigenvalue weighted by Gasteiger charge is -2.23. The third kappa shape index (κ3) is 4.50. The molecule has 0 spiro atoms. The maximum absolute atomic E-state index is 14.0. The lowest BCUT2D eigenvalue weighted by molar-refractivity contribution is -0.130. The molecule has 0 atom stereocenters. The van der Waals surface area contributed by atoms with Crippen LogP contribution in [0.1, 0.15) is 46.3 Å². The van der Waals surface area contributed by atoms with E-state index in [1.54, 1.807) is 17.0 Å². The summed E-state index contributed by atoms with van der Waals surface area (Å²) in [4.78, 5) is 29.0. The number of amides is 2. The lowest BCUT2D eigenvalue weighted by Crippen LogP contribution is -2.38. The highest BCUT2D eigenvalue weighted by Gasteiger charge is 2.24. The minimum atomic E-state index is -0.498. The molecule has 1 aliphatic carbocycles. The van der Waals surface area contributed by atoms with E-state index in [1.807, 2.05) is 4.90 Å². The van der Waals surface area contributed by atoms with Crippen LogP contribution in [-0.4, -0.2) is 47.8 Å². The molecule has 0 aromatic heterocycles. The van der Waals surface area contributed by atoms with Crippen LogP contribution in [0.15, 0.2) is 42.5 Å². The van der Waals surface area contributed by atoms with E-state index < -0.39 is 5.82 Å². The molecule has 1 heterocycles. The number of nitrogens with zero attached hydrogens (tertiary/aromatic N) is 2. The van der Waals surface area contributed by atoms with Gasteiger partial charge in [-0.3, -0.25) is 9.59 Å². The fourth-order valence-corrected chi connectivity index (χ4v) is 4.36. The van der Waals surface area contributed by atoms with Gasteiger partial charge in [-0.2, -0.15) is 0 Å². The monoisotopic (exact) mass is 394 g/mol. The minimum absolute atomic E-state index is 0.0981. The van der Waals surface area contributed by atoms with Crippen molar-refractivity contribution in [3.63, 3.8) is 0 Å². The Kier molecular flexibility index (Phi) is 5.93. The van der Waals surface area contributed by atoms with Gasteiger partial charge in [0, 0.05) is 26.2 Å². The first kappa shape index (κ1) is 19.6. The Balaban J connectivity index is 1.37. The summed E-state index contributed by atoms with van der Waals surface area (Å²) in [5.74, 6) is -0.699. The van der Waals surface area contributed by atoms with Crippen LogP contribution in [0.5, 0.6) is 0 Å². The topological polar surface area (TPSA) is 40.6 Å². The molecular formula is C24H27FN2O2. The zero-order chi connectivity index (χ0) is 20.2. The number of carbonyl (C=O) groups excluding carboxylic acids is 2. The van der Waals surface area contributed by atoms with Crippen molar-refractivity contribution >= 4 is 11.8 Å². The van der Waals surface area contributed by atoms with Crippen molar-refractivity contribution in [2.45, 2.75) is 38.5 Å². The normalized spacial score (nSPS) is 16.9. The second-order valence-corrected chi connectivity index (χ2v) is 7.99. The molecule has 5 heteroatoms. The smallest absolute Gasteiger partial charge is 0.256 e. The molecule has 1 aliphatic heterocycles. The van der Waals surface area contributed by atoms with Crippen LogP contribution in [-0.2, 0) is 24.1 Å². The lowest BCUT2D eigenvalue weighted by atomic mass is 9.90. The molecular weight excluding hydrogens is 367 g/mol. The van der Waals surface area contributed by atoms with E-state index in [1.165, 1.54) is 36.1 Å². The number of carbonyl (C=O) groups is 2. The molecule has 152 valence electrons. The summed E-state index contributed by atoms with van der Waals surface area (Å²) in [7, 11) is 0. The summed E-state index contributed by atoms with van der Waals surface area (Å²) in [5, 5.41) is 0. The summed E-state index contributed by atoms with van der Waals surface area (Å²) >= 11 is 0. The molecule has 0 saturated carbocycles. The highest BCUT2D eigenvalue weighted by Crippen LogP contribution is 2.23. The number of rotatable bonds is 3. The molecule has 1 saturated heterocycles. The maximum Gasteiger partial charge on any atom is 0.256 e. The van der Waals surface area contributed by atoms with Crippen LogP contribution in [0.3, 0.4) is 0 Å². The SMILES string of the molecule is O=C(Cc1ccc2c(c1)CCCC2)N1CCCN(C(=O)c2ccccc2F)CC1. The summed E-state index contributed by atoms with van der Waals surface area (Å²) in [5.41, 5.74) is 3.98. The number of hydrogen-bond donors (Lipinski definition) is 0. The van der Waals surface area contributed by atoms with Gasteiger partial charge in [0.05, 0.1) is 12.0 Å². The van der Waals surface area contributed by atoms with Crippen LogP contribution in [0.4, 0.5) is 4.39 Å². The van der Waals surface area contributed by atoms with Gasteiger partial charge in [-0.15, -0.1) is 0 Å². The van der Waals surface area contributed by atoms with Crippen molar-refractivity contribution in [2.24, 2.45) is 0 Å². The zero-order valence-corrected chi connectivity index (χ0v) is 16.7. The standard InChI is InChI=1S/C24H27FN2O2/c25-22-9-4-3-8-21(22)24(29)27-13-5-12-26(14-15-27)23(28)17-18-10-11-19-6-1-2-7-20(19)16-18/h3-4,8-11,16H,1-2,5-7,12-15,17H2. The van der Waals surface area contributed by atoms with Gasteiger partial charge < -0.3 is 9.80 Å². The van der Waals surface area contributed by atoms with Crippen molar-refractivity contribution < 1.29 is 14.0 Å². The third-order valence-corrected chi connectivity index (χ3v) is 6.01. The molecule has 2 amide bonds. The highest BCUT2D eigenvalue weighted by molar-refractivity contribution is 5.94. The van der Waals surface area contributed by atoms with E-state index in [0.29, 0.717) is 39.0 Å². The molecule has 29 heavy (non-hydrogen) atoms. The van der Waals surface area contributed by atoms with E-state index >= 15 is 0 Å². The van der Waals surface area contributed by atoms with Gasteiger partial charge >= 0.3 is 0 Å². The molecule has 2 aromatic carbocycles. The van der Waals surface area contributed by atoms with E-state index in [0.717, 1.165) is 18.4 Å². The molecule has 4 nitrogen and oxygen atoms in total. The fourth-order valence-electron chi connectivity index (χ4n) is 4.36. The van der Waals surface area contributed by atoms with Crippen molar-refractivity contribution in [1.29, 1.82) is 0 Å². The van der Waals surface area contributed by atoms with Crippen molar-refractivity contribution in [3.05, 3.63) is 70.5 Å². The predicted octanol–water partition coefficient (Wildman–Crippen LogP) is 3.62. The van der Waals surface area contributed by atoms with Gasteiger partial charge in [0.15, 0.2) is 0 Å². The average Bonchev–Trinajstić information content (AvgIpc) is 3.00. The molecule has 2 aliphatic rings. The molecule has 0 N–H and O–H groups in total. The third-order valence-electron chi connectivity index (χ3n) is 6.01. The van der Waals surface area contributed by atoms with Gasteiger partial charge in [-0.25, -0.2) is 4.39 Å². The zero-order valence-electron chi connectivity index (χ0n) is 16.7. The number of halogens is 1. The van der Waals surface area contributed by atoms with Gasteiger partial charge in [-0.05, 0) is 60.9 Å². The Morgan fingerprint density at radius 2 is 1.55 bits per heavy atom. The average molecular weight is 394 g/mol. The van der Waals surface area contributed by atoms with Crippen molar-refractivity contribution in [3.8, 4) is 0 Å². The van der Waals surface area contributed by atoms with Crippen molar-refractivity contribution in [1.82, 2.24) is 9.80 Å². The number of hydrogen-bond acceptors (Lipinski definition) is 2. The molecule has 4 rings (SSSR count). The van der Waals surface area contributed by atoms with Crippen LogP contribution < -0.4 is 0 Å². The minimum Gasteiger partial charge on any atom is -0.341 e. The number of aryl methyl sites for hydroxylation is 2. The second-order valence-electron chi connectivity index (χ2n) is 7.99. The Hall–Kier alpha value is -2.69. The number of benzene rings is 2. The van der Waals surface area contributed by atoms with E-state index in [4.69, 9.17) is 0 Å². The Morgan fingerprint density at radius 1 is 0.828 bits per heavy atom. The number of fused-ring (bicyclic) bond motifs is 1. The Morgan fingerprint density at radius 3 is 2.38 bits per heavy atom. The molecule has 0 bridgehead atoms. The van der Waals surface area contributed by atoms with Crippen LogP contribution >= 0.6 is 0 Å². The summed E-state index contributed by atoms with van der Waals surface area (Å²) < 4.78 is 14.0. The first-order valence-electron chi connectivity index (χ1n) is 10.5. The second kappa shape index (κ2) is 8.76. The van der Waals surface area contributed by atoms with Crippen molar-refractivity contribution in [2.75, 3.05) is 26.2 Å². The van der Waals surface area contributed by atoms with E-state index in [9.17, 15) is 14.0 Å². The Labute approximate surface area is 171 Å². The largest absolute Gasteiger partial charge is 0.341 e. The van der Waals surface area contributed by atoms with Gasteiger partial charge in [0.25, 0.3) is 5.91 Å². The van der Waals surface area contributed by atoms with Gasteiger partial charge in [-0.1, -0.05) is 30.3 Å². The predicted molar refractivity (Wildman–Crippen MR) is 110 cm³/mol. The maximum atomic E-state index is 14.0. The Bertz CT molecular complexity index is 912. The van der Waals surface area contributed by atoms with Crippen LogP contribution in [0, 0.1) is 5.82 Å². The first-order valence-corrected chi connectivity index (χ1v) is 10.5. The molecule has 0 unspecified atom stereocenters. The highest BCUT2D eigenvalue weighted by atomic mass is 19.1. The quantitative estimate of drug-likeness (QED) is 0.798. The van der Waals surface area contributed by atoms with Crippen LogP contribution in [0.2, 0.25) is 0 Å². The summed E-state index contributed by atoms with van der Waals surface area (Å²) in [6.45, 7) is 2.09. The summed E-state index contributed by atoms with van der Waals surface area (Å²) in [6, 6.07) is 12.5. The van der Waals surface area contributed by atoms with E-state index in [-0.39, 0.29) is 17.4 Å². The summed E-state index contributed by atoms with van der Waals surface area (Å²) in [6.07, 6.45) is 5.82. The molecule has 2 aromatic rings. The molecule has 1 fully saturated rings. The van der Waals surface area contributed by atoms with Crippen LogP contribution in [0.25, 0.3) is 0 Å². The van der Waals surface area contributed by atoms with Gasteiger partial charge in [0.1, 0.15) is 5.82 Å². The first-order chi connectivity index (χ1) is 14.1. The molecule has 0 radical (unpaired) electrons.